The van der Waals surface area contributed by atoms with Crippen molar-refractivity contribution >= 4 is 17.6 Å². The molecule has 0 aliphatic carbocycles. The van der Waals surface area contributed by atoms with Gasteiger partial charge >= 0.3 is 5.97 Å². The predicted molar refractivity (Wildman–Crippen MR) is 72.0 cm³/mol. The SMILES string of the molecule is O=C(O)Cc1ccccc1Cc1cccc(Cl)c1. The van der Waals surface area contributed by atoms with Gasteiger partial charge in [0.2, 0.25) is 0 Å². The van der Waals surface area contributed by atoms with Crippen LogP contribution in [0.1, 0.15) is 16.7 Å². The third-order valence-corrected chi connectivity index (χ3v) is 2.98. The van der Waals surface area contributed by atoms with Gasteiger partial charge in [-0.15, -0.1) is 0 Å². The molecule has 2 aromatic carbocycles. The van der Waals surface area contributed by atoms with E-state index >= 15 is 0 Å². The first-order chi connectivity index (χ1) is 8.65. The topological polar surface area (TPSA) is 37.3 Å². The van der Waals surface area contributed by atoms with E-state index in [-0.39, 0.29) is 6.42 Å². The first-order valence-corrected chi connectivity index (χ1v) is 6.06. The van der Waals surface area contributed by atoms with Gasteiger partial charge in [-0.1, -0.05) is 48.0 Å². The Balaban J connectivity index is 2.26. The minimum absolute atomic E-state index is 0.0523. The summed E-state index contributed by atoms with van der Waals surface area (Å²) in [5.41, 5.74) is 2.97. The number of aliphatic carboxylic acids is 1. The van der Waals surface area contributed by atoms with Gasteiger partial charge in [0.1, 0.15) is 0 Å². The van der Waals surface area contributed by atoms with Crippen LogP contribution in [0.3, 0.4) is 0 Å². The number of carboxylic acid groups (broad SMARTS) is 1. The number of hydrogen-bond donors (Lipinski definition) is 1. The van der Waals surface area contributed by atoms with Crippen LogP contribution in [0.4, 0.5) is 0 Å². The monoisotopic (exact) mass is 260 g/mol. The third-order valence-electron chi connectivity index (χ3n) is 2.74. The highest BCUT2D eigenvalue weighted by molar-refractivity contribution is 6.30. The largest absolute Gasteiger partial charge is 0.481 e. The number of halogens is 1. The molecule has 0 unspecified atom stereocenters. The minimum atomic E-state index is -0.812. The highest BCUT2D eigenvalue weighted by atomic mass is 35.5. The summed E-state index contributed by atoms with van der Waals surface area (Å²) in [5, 5.41) is 9.58. The molecule has 0 saturated heterocycles. The van der Waals surface area contributed by atoms with Crippen molar-refractivity contribution in [2.24, 2.45) is 0 Å². The molecule has 92 valence electrons. The summed E-state index contributed by atoms with van der Waals surface area (Å²) in [5.74, 6) is -0.812. The molecule has 0 aliphatic heterocycles. The van der Waals surface area contributed by atoms with E-state index in [9.17, 15) is 4.79 Å². The van der Waals surface area contributed by atoms with Gasteiger partial charge in [-0.2, -0.15) is 0 Å². The quantitative estimate of drug-likeness (QED) is 0.913. The number of benzene rings is 2. The molecule has 3 heteroatoms. The van der Waals surface area contributed by atoms with E-state index in [2.05, 4.69) is 0 Å². The second kappa shape index (κ2) is 5.69. The highest BCUT2D eigenvalue weighted by Crippen LogP contribution is 2.18. The lowest BCUT2D eigenvalue weighted by atomic mass is 9.98. The van der Waals surface area contributed by atoms with Crippen molar-refractivity contribution < 1.29 is 9.90 Å². The molecular formula is C15H13ClO2. The van der Waals surface area contributed by atoms with Gasteiger partial charge in [0.15, 0.2) is 0 Å². The first-order valence-electron chi connectivity index (χ1n) is 5.68. The Kier molecular flexibility index (Phi) is 4.00. The molecule has 0 radical (unpaired) electrons. The van der Waals surface area contributed by atoms with Crippen molar-refractivity contribution in [2.45, 2.75) is 12.8 Å². The van der Waals surface area contributed by atoms with Crippen LogP contribution in [0.15, 0.2) is 48.5 Å². The Hall–Kier alpha value is -1.80. The molecule has 0 bridgehead atoms. The van der Waals surface area contributed by atoms with Crippen LogP contribution in [0.5, 0.6) is 0 Å². The second-order valence-corrected chi connectivity index (χ2v) is 4.58. The summed E-state index contributed by atoms with van der Waals surface area (Å²) in [7, 11) is 0. The predicted octanol–water partition coefficient (Wildman–Crippen LogP) is 3.56. The highest BCUT2D eigenvalue weighted by Gasteiger charge is 2.07. The molecule has 0 saturated carbocycles. The maximum absolute atomic E-state index is 10.8. The Bertz CT molecular complexity index is 564. The molecule has 0 atom stereocenters. The lowest BCUT2D eigenvalue weighted by molar-refractivity contribution is -0.136. The maximum Gasteiger partial charge on any atom is 0.307 e. The molecular weight excluding hydrogens is 248 g/mol. The van der Waals surface area contributed by atoms with Crippen molar-refractivity contribution in [3.05, 3.63) is 70.2 Å². The number of carbonyl (C=O) groups is 1. The Morgan fingerprint density at radius 1 is 1.06 bits per heavy atom. The van der Waals surface area contributed by atoms with Crippen LogP contribution >= 0.6 is 11.6 Å². The fourth-order valence-electron chi connectivity index (χ4n) is 1.93. The molecule has 2 rings (SSSR count). The van der Waals surface area contributed by atoms with Gasteiger partial charge in [0.05, 0.1) is 6.42 Å². The smallest absolute Gasteiger partial charge is 0.307 e. The summed E-state index contributed by atoms with van der Waals surface area (Å²) in [6.45, 7) is 0. The van der Waals surface area contributed by atoms with Gasteiger partial charge in [-0.3, -0.25) is 4.79 Å². The van der Waals surface area contributed by atoms with Crippen molar-refractivity contribution in [3.63, 3.8) is 0 Å². The van der Waals surface area contributed by atoms with E-state index in [1.807, 2.05) is 48.5 Å². The lowest BCUT2D eigenvalue weighted by Gasteiger charge is -2.08. The van der Waals surface area contributed by atoms with Crippen LogP contribution < -0.4 is 0 Å². The number of rotatable bonds is 4. The zero-order valence-corrected chi connectivity index (χ0v) is 10.5. The molecule has 18 heavy (non-hydrogen) atoms. The minimum Gasteiger partial charge on any atom is -0.481 e. The molecule has 0 fully saturated rings. The summed E-state index contributed by atoms with van der Waals surface area (Å²) in [4.78, 5) is 10.8. The fourth-order valence-corrected chi connectivity index (χ4v) is 2.15. The van der Waals surface area contributed by atoms with Crippen molar-refractivity contribution in [1.29, 1.82) is 0 Å². The summed E-state index contributed by atoms with van der Waals surface area (Å²) in [6, 6.07) is 15.2. The average molecular weight is 261 g/mol. The molecule has 2 aromatic rings. The van der Waals surface area contributed by atoms with Crippen molar-refractivity contribution in [3.8, 4) is 0 Å². The summed E-state index contributed by atoms with van der Waals surface area (Å²) < 4.78 is 0. The lowest BCUT2D eigenvalue weighted by Crippen LogP contribution is -2.04. The van der Waals surface area contributed by atoms with Crippen molar-refractivity contribution in [1.82, 2.24) is 0 Å². The normalized spacial score (nSPS) is 10.3. The van der Waals surface area contributed by atoms with Gasteiger partial charge in [0, 0.05) is 5.02 Å². The van der Waals surface area contributed by atoms with Crippen molar-refractivity contribution in [2.75, 3.05) is 0 Å². The number of carboxylic acids is 1. The van der Waals surface area contributed by atoms with Crippen LogP contribution in [0.2, 0.25) is 5.02 Å². The zero-order valence-electron chi connectivity index (χ0n) is 9.77. The van der Waals surface area contributed by atoms with E-state index < -0.39 is 5.97 Å². The Labute approximate surface area is 111 Å². The maximum atomic E-state index is 10.8. The molecule has 0 aliphatic rings. The molecule has 0 amide bonds. The number of hydrogen-bond acceptors (Lipinski definition) is 1. The van der Waals surface area contributed by atoms with Gasteiger partial charge in [-0.05, 0) is 35.2 Å². The van der Waals surface area contributed by atoms with E-state index in [0.29, 0.717) is 11.4 Å². The fraction of sp³-hybridized carbons (Fsp3) is 0.133. The van der Waals surface area contributed by atoms with Gasteiger partial charge in [-0.25, -0.2) is 0 Å². The molecule has 0 heterocycles. The first kappa shape index (κ1) is 12.7. The van der Waals surface area contributed by atoms with Gasteiger partial charge in [0.25, 0.3) is 0 Å². The van der Waals surface area contributed by atoms with Crippen LogP contribution in [-0.4, -0.2) is 11.1 Å². The van der Waals surface area contributed by atoms with E-state index in [4.69, 9.17) is 16.7 Å². The van der Waals surface area contributed by atoms with E-state index in [0.717, 1.165) is 16.7 Å². The van der Waals surface area contributed by atoms with E-state index in [1.54, 1.807) is 0 Å². The summed E-state index contributed by atoms with van der Waals surface area (Å²) >= 11 is 5.94. The molecule has 0 aromatic heterocycles. The average Bonchev–Trinajstić information content (AvgIpc) is 2.31. The van der Waals surface area contributed by atoms with E-state index in [1.165, 1.54) is 0 Å². The summed E-state index contributed by atoms with van der Waals surface area (Å²) in [6.07, 6.45) is 0.751. The van der Waals surface area contributed by atoms with Crippen LogP contribution in [-0.2, 0) is 17.6 Å². The van der Waals surface area contributed by atoms with Crippen LogP contribution in [0.25, 0.3) is 0 Å². The third kappa shape index (κ3) is 3.34. The zero-order chi connectivity index (χ0) is 13.0. The Morgan fingerprint density at radius 3 is 2.44 bits per heavy atom. The second-order valence-electron chi connectivity index (χ2n) is 4.15. The molecule has 0 spiro atoms. The van der Waals surface area contributed by atoms with Gasteiger partial charge < -0.3 is 5.11 Å². The molecule has 1 N–H and O–H groups in total. The Morgan fingerprint density at radius 2 is 1.78 bits per heavy atom. The molecule has 2 nitrogen and oxygen atoms in total. The standard InChI is InChI=1S/C15H13ClO2/c16-14-7-3-4-11(9-14)8-12-5-1-2-6-13(12)10-15(17)18/h1-7,9H,8,10H2,(H,17,18). The van der Waals surface area contributed by atoms with Crippen LogP contribution in [0, 0.1) is 0 Å².